The highest BCUT2D eigenvalue weighted by atomic mass is 35.5. The zero-order chi connectivity index (χ0) is 19.4. The van der Waals surface area contributed by atoms with E-state index in [-0.39, 0.29) is 23.4 Å². The van der Waals surface area contributed by atoms with Crippen LogP contribution in [0.25, 0.3) is 0 Å². The molecule has 0 bridgehead atoms. The van der Waals surface area contributed by atoms with E-state index in [2.05, 4.69) is 5.32 Å². The first kappa shape index (κ1) is 18.8. The smallest absolute Gasteiger partial charge is 0.338 e. The summed E-state index contributed by atoms with van der Waals surface area (Å²) < 4.78 is 20.7. The van der Waals surface area contributed by atoms with E-state index in [1.54, 1.807) is 13.2 Å². The number of esters is 1. The Bertz CT molecular complexity index is 869. The Labute approximate surface area is 161 Å². The van der Waals surface area contributed by atoms with Gasteiger partial charge in [0.15, 0.2) is 18.1 Å². The number of carbonyl (C=O) groups is 2. The van der Waals surface area contributed by atoms with Crippen molar-refractivity contribution in [2.75, 3.05) is 20.5 Å². The molecule has 1 unspecified atom stereocenters. The van der Waals surface area contributed by atoms with Crippen LogP contribution in [0.5, 0.6) is 17.2 Å². The zero-order valence-corrected chi connectivity index (χ0v) is 15.5. The first-order valence-electron chi connectivity index (χ1n) is 8.18. The van der Waals surface area contributed by atoms with Gasteiger partial charge in [-0.15, -0.1) is 0 Å². The normalized spacial score (nSPS) is 13.0. The number of halogens is 1. The van der Waals surface area contributed by atoms with Crippen LogP contribution >= 0.6 is 11.6 Å². The minimum absolute atomic E-state index is 0.0385. The second-order valence-electron chi connectivity index (χ2n) is 5.80. The number of benzene rings is 2. The zero-order valence-electron chi connectivity index (χ0n) is 14.8. The summed E-state index contributed by atoms with van der Waals surface area (Å²) in [5, 5.41) is 3.01. The average Bonchev–Trinajstić information content (AvgIpc) is 3.15. The number of nitrogens with one attached hydrogen (secondary N) is 1. The maximum atomic E-state index is 12.2. The van der Waals surface area contributed by atoms with Crippen LogP contribution in [0, 0.1) is 0 Å². The minimum Gasteiger partial charge on any atom is -0.496 e. The maximum absolute atomic E-state index is 12.2. The average molecular weight is 392 g/mol. The molecule has 0 spiro atoms. The van der Waals surface area contributed by atoms with E-state index >= 15 is 0 Å². The van der Waals surface area contributed by atoms with Crippen molar-refractivity contribution in [3.8, 4) is 17.2 Å². The number of fused-ring (bicyclic) bond motifs is 1. The van der Waals surface area contributed by atoms with Crippen molar-refractivity contribution in [2.45, 2.75) is 13.0 Å². The fraction of sp³-hybridized carbons (Fsp3) is 0.263. The predicted molar refractivity (Wildman–Crippen MR) is 97.4 cm³/mol. The van der Waals surface area contributed by atoms with Crippen LogP contribution in [0.1, 0.15) is 28.9 Å². The van der Waals surface area contributed by atoms with Gasteiger partial charge in [0, 0.05) is 5.56 Å². The number of para-hydroxylation sites is 1. The lowest BCUT2D eigenvalue weighted by Gasteiger charge is -2.17. The van der Waals surface area contributed by atoms with Gasteiger partial charge in [-0.1, -0.05) is 29.8 Å². The van der Waals surface area contributed by atoms with Crippen molar-refractivity contribution >= 4 is 23.5 Å². The largest absolute Gasteiger partial charge is 0.496 e. The van der Waals surface area contributed by atoms with E-state index in [4.69, 9.17) is 30.5 Å². The van der Waals surface area contributed by atoms with Gasteiger partial charge >= 0.3 is 5.97 Å². The van der Waals surface area contributed by atoms with Crippen molar-refractivity contribution in [2.24, 2.45) is 0 Å². The third-order valence-electron chi connectivity index (χ3n) is 3.98. The predicted octanol–water partition coefficient (Wildman–Crippen LogP) is 3.11. The van der Waals surface area contributed by atoms with Gasteiger partial charge in [-0.2, -0.15) is 0 Å². The molecular weight excluding hydrogens is 374 g/mol. The third-order valence-corrected chi connectivity index (χ3v) is 4.26. The fourth-order valence-electron chi connectivity index (χ4n) is 2.68. The Morgan fingerprint density at radius 1 is 1.26 bits per heavy atom. The number of ether oxygens (including phenoxy) is 4. The monoisotopic (exact) mass is 391 g/mol. The minimum atomic E-state index is -0.685. The van der Waals surface area contributed by atoms with E-state index in [0.717, 1.165) is 5.56 Å². The number of hydrogen-bond acceptors (Lipinski definition) is 6. The molecule has 2 aromatic rings. The third kappa shape index (κ3) is 4.25. The highest BCUT2D eigenvalue weighted by molar-refractivity contribution is 6.32. The summed E-state index contributed by atoms with van der Waals surface area (Å²) in [5.74, 6) is 0.293. The molecule has 1 aliphatic heterocycles. The molecule has 142 valence electrons. The van der Waals surface area contributed by atoms with Crippen LogP contribution < -0.4 is 19.5 Å². The van der Waals surface area contributed by atoms with Crippen molar-refractivity contribution in [1.82, 2.24) is 5.32 Å². The van der Waals surface area contributed by atoms with Crippen molar-refractivity contribution in [1.29, 1.82) is 0 Å². The quantitative estimate of drug-likeness (QED) is 0.762. The second-order valence-corrected chi connectivity index (χ2v) is 6.21. The SMILES string of the molecule is COc1ccccc1C(C)NC(=O)COC(=O)c1cc(Cl)c2c(c1)OCO2. The Kier molecular flexibility index (Phi) is 5.71. The molecule has 0 saturated carbocycles. The van der Waals surface area contributed by atoms with Gasteiger partial charge in [0.2, 0.25) is 6.79 Å². The number of rotatable bonds is 6. The molecule has 27 heavy (non-hydrogen) atoms. The topological polar surface area (TPSA) is 83.1 Å². The number of carbonyl (C=O) groups excluding carboxylic acids is 2. The van der Waals surface area contributed by atoms with Crippen LogP contribution in [0.4, 0.5) is 0 Å². The van der Waals surface area contributed by atoms with Crippen LogP contribution in [-0.4, -0.2) is 32.4 Å². The van der Waals surface area contributed by atoms with E-state index in [9.17, 15) is 9.59 Å². The molecule has 0 saturated heterocycles. The van der Waals surface area contributed by atoms with Crippen molar-refractivity contribution in [3.63, 3.8) is 0 Å². The number of amides is 1. The molecular formula is C19H18ClNO6. The lowest BCUT2D eigenvalue weighted by atomic mass is 10.1. The van der Waals surface area contributed by atoms with E-state index in [0.29, 0.717) is 17.2 Å². The highest BCUT2D eigenvalue weighted by Crippen LogP contribution is 2.39. The van der Waals surface area contributed by atoms with Gasteiger partial charge in [0.1, 0.15) is 5.75 Å². The number of methoxy groups -OCH3 is 1. The van der Waals surface area contributed by atoms with Gasteiger partial charge in [-0.25, -0.2) is 4.79 Å². The Morgan fingerprint density at radius 3 is 2.81 bits per heavy atom. The summed E-state index contributed by atoms with van der Waals surface area (Å²) >= 11 is 6.04. The van der Waals surface area contributed by atoms with Gasteiger partial charge in [-0.3, -0.25) is 4.79 Å². The van der Waals surface area contributed by atoms with Crippen LogP contribution in [0.2, 0.25) is 5.02 Å². The Balaban J connectivity index is 1.57. The summed E-state index contributed by atoms with van der Waals surface area (Å²) in [4.78, 5) is 24.3. The lowest BCUT2D eigenvalue weighted by molar-refractivity contribution is -0.124. The molecule has 1 N–H and O–H groups in total. The molecule has 0 aromatic heterocycles. The van der Waals surface area contributed by atoms with E-state index in [1.807, 2.05) is 25.1 Å². The summed E-state index contributed by atoms with van der Waals surface area (Å²) in [5.41, 5.74) is 0.997. The van der Waals surface area contributed by atoms with Gasteiger partial charge in [0.25, 0.3) is 5.91 Å². The Morgan fingerprint density at radius 2 is 2.04 bits per heavy atom. The molecule has 1 heterocycles. The summed E-state index contributed by atoms with van der Waals surface area (Å²) in [6.45, 7) is 1.43. The van der Waals surface area contributed by atoms with E-state index < -0.39 is 18.5 Å². The second kappa shape index (κ2) is 8.18. The molecule has 2 aromatic carbocycles. The molecule has 0 fully saturated rings. The van der Waals surface area contributed by atoms with Gasteiger partial charge in [0.05, 0.1) is 23.7 Å². The summed E-state index contributed by atoms with van der Waals surface area (Å²) in [7, 11) is 1.56. The maximum Gasteiger partial charge on any atom is 0.338 e. The molecule has 0 radical (unpaired) electrons. The summed E-state index contributed by atoms with van der Waals surface area (Å²) in [6.07, 6.45) is 0. The molecule has 1 atom stereocenters. The lowest BCUT2D eigenvalue weighted by Crippen LogP contribution is -2.31. The fourth-order valence-corrected chi connectivity index (χ4v) is 2.95. The molecule has 3 rings (SSSR count). The molecule has 8 heteroatoms. The number of hydrogen-bond donors (Lipinski definition) is 1. The molecule has 0 aliphatic carbocycles. The Hall–Kier alpha value is -2.93. The van der Waals surface area contributed by atoms with Crippen molar-refractivity contribution in [3.05, 3.63) is 52.5 Å². The standard InChI is InChI=1S/C19H18ClNO6/c1-11(13-5-3-4-6-15(13)24-2)21-17(22)9-25-19(23)12-7-14(20)18-16(8-12)26-10-27-18/h3-8,11H,9-10H2,1-2H3,(H,21,22). The summed E-state index contributed by atoms with van der Waals surface area (Å²) in [6, 6.07) is 9.91. The van der Waals surface area contributed by atoms with Gasteiger partial charge < -0.3 is 24.3 Å². The van der Waals surface area contributed by atoms with E-state index in [1.165, 1.54) is 12.1 Å². The first-order valence-corrected chi connectivity index (χ1v) is 8.56. The molecule has 7 nitrogen and oxygen atoms in total. The first-order chi connectivity index (χ1) is 13.0. The van der Waals surface area contributed by atoms with Crippen LogP contribution in [0.15, 0.2) is 36.4 Å². The molecule has 1 aliphatic rings. The highest BCUT2D eigenvalue weighted by Gasteiger charge is 2.22. The van der Waals surface area contributed by atoms with Crippen LogP contribution in [0.3, 0.4) is 0 Å². The molecule has 1 amide bonds. The van der Waals surface area contributed by atoms with Gasteiger partial charge in [-0.05, 0) is 25.1 Å². The van der Waals surface area contributed by atoms with Crippen LogP contribution in [-0.2, 0) is 9.53 Å². The van der Waals surface area contributed by atoms with Crippen molar-refractivity contribution < 1.29 is 28.5 Å².